The second kappa shape index (κ2) is 9.65. The molecule has 2 rings (SSSR count). The first-order valence-electron chi connectivity index (χ1n) is 8.76. The molecule has 1 aromatic heterocycles. The van der Waals surface area contributed by atoms with Gasteiger partial charge in [-0.1, -0.05) is 23.8 Å². The molecule has 0 saturated heterocycles. The Kier molecular flexibility index (Phi) is 7.26. The first-order chi connectivity index (χ1) is 12.5. The number of aryl methyl sites for hydroxylation is 2. The molecular formula is C20H28N4O2. The van der Waals surface area contributed by atoms with E-state index in [2.05, 4.69) is 47.7 Å². The lowest BCUT2D eigenvalue weighted by Crippen LogP contribution is -2.43. The Labute approximate surface area is 155 Å². The number of guanidine groups is 1. The molecule has 0 spiro atoms. The van der Waals surface area contributed by atoms with Crippen LogP contribution in [0.5, 0.6) is 0 Å². The van der Waals surface area contributed by atoms with Gasteiger partial charge in [-0.25, -0.2) is 4.99 Å². The van der Waals surface area contributed by atoms with Crippen LogP contribution in [0.15, 0.2) is 46.0 Å². The first kappa shape index (κ1) is 19.6. The maximum atomic E-state index is 11.8. The van der Waals surface area contributed by atoms with Crippen LogP contribution in [-0.4, -0.2) is 44.0 Å². The van der Waals surface area contributed by atoms with E-state index in [0.29, 0.717) is 19.0 Å². The summed E-state index contributed by atoms with van der Waals surface area (Å²) in [6.45, 7) is 5.59. The van der Waals surface area contributed by atoms with E-state index in [-0.39, 0.29) is 12.5 Å². The Balaban J connectivity index is 1.98. The molecule has 6 heteroatoms. The van der Waals surface area contributed by atoms with Crippen molar-refractivity contribution >= 4 is 11.9 Å². The number of hydrogen-bond donors (Lipinski definition) is 2. The second-order valence-corrected chi connectivity index (χ2v) is 6.49. The number of amides is 1. The monoisotopic (exact) mass is 356 g/mol. The third-order valence-electron chi connectivity index (χ3n) is 4.06. The summed E-state index contributed by atoms with van der Waals surface area (Å²) >= 11 is 0. The minimum absolute atomic E-state index is 0.00273. The zero-order chi connectivity index (χ0) is 18.9. The number of rotatable bonds is 7. The Morgan fingerprint density at radius 2 is 2.00 bits per heavy atom. The van der Waals surface area contributed by atoms with Crippen LogP contribution in [-0.2, 0) is 17.8 Å². The van der Waals surface area contributed by atoms with Crippen LogP contribution < -0.4 is 10.6 Å². The minimum Gasteiger partial charge on any atom is -0.469 e. The Bertz CT molecular complexity index is 736. The number of carbonyl (C=O) groups excluding carboxylic acids is 1. The molecule has 0 bridgehead atoms. The average Bonchev–Trinajstić information content (AvgIpc) is 3.11. The molecule has 26 heavy (non-hydrogen) atoms. The highest BCUT2D eigenvalue weighted by Gasteiger charge is 2.07. The standard InChI is InChI=1S/C20H28N4O2/c1-15-7-8-17(16(2)12-15)13-22-20(23-14-19(25)24(3)4)21-10-9-18-6-5-11-26-18/h5-8,11-12H,9-10,13-14H2,1-4H3,(H2,21,22,23). The molecule has 2 N–H and O–H groups in total. The molecule has 0 aliphatic heterocycles. The molecule has 140 valence electrons. The van der Waals surface area contributed by atoms with E-state index < -0.39 is 0 Å². The van der Waals surface area contributed by atoms with Crippen molar-refractivity contribution in [3.8, 4) is 0 Å². The SMILES string of the molecule is Cc1ccc(CN=C(NCCc2ccco2)NCC(=O)N(C)C)c(C)c1. The summed E-state index contributed by atoms with van der Waals surface area (Å²) in [5.41, 5.74) is 3.62. The Morgan fingerprint density at radius 3 is 2.65 bits per heavy atom. The fourth-order valence-corrected chi connectivity index (χ4v) is 2.44. The van der Waals surface area contributed by atoms with Gasteiger partial charge < -0.3 is 20.0 Å². The third-order valence-corrected chi connectivity index (χ3v) is 4.06. The first-order valence-corrected chi connectivity index (χ1v) is 8.76. The van der Waals surface area contributed by atoms with Crippen LogP contribution in [0.2, 0.25) is 0 Å². The van der Waals surface area contributed by atoms with Crippen molar-refractivity contribution in [2.45, 2.75) is 26.8 Å². The largest absolute Gasteiger partial charge is 0.469 e. The van der Waals surface area contributed by atoms with Crippen molar-refractivity contribution in [3.05, 3.63) is 59.0 Å². The van der Waals surface area contributed by atoms with Crippen LogP contribution in [0, 0.1) is 13.8 Å². The van der Waals surface area contributed by atoms with E-state index in [4.69, 9.17) is 4.42 Å². The summed E-state index contributed by atoms with van der Waals surface area (Å²) in [7, 11) is 3.47. The second-order valence-electron chi connectivity index (χ2n) is 6.49. The van der Waals surface area contributed by atoms with Gasteiger partial charge in [0.25, 0.3) is 0 Å². The van der Waals surface area contributed by atoms with E-state index >= 15 is 0 Å². The quantitative estimate of drug-likeness (QED) is 0.590. The van der Waals surface area contributed by atoms with Gasteiger partial charge in [-0.3, -0.25) is 4.79 Å². The predicted molar refractivity (Wildman–Crippen MR) is 104 cm³/mol. The van der Waals surface area contributed by atoms with Gasteiger partial charge in [0.05, 0.1) is 19.4 Å². The number of hydrogen-bond acceptors (Lipinski definition) is 3. The number of carbonyl (C=O) groups is 1. The number of likely N-dealkylation sites (N-methyl/N-ethyl adjacent to an activating group) is 1. The van der Waals surface area contributed by atoms with E-state index in [1.165, 1.54) is 16.7 Å². The summed E-state index contributed by atoms with van der Waals surface area (Å²) in [4.78, 5) is 18.0. The van der Waals surface area contributed by atoms with Gasteiger partial charge in [-0.15, -0.1) is 0 Å². The lowest BCUT2D eigenvalue weighted by Gasteiger charge is -2.15. The smallest absolute Gasteiger partial charge is 0.241 e. The molecule has 0 atom stereocenters. The topological polar surface area (TPSA) is 69.9 Å². The van der Waals surface area contributed by atoms with E-state index in [1.54, 1.807) is 25.3 Å². The highest BCUT2D eigenvalue weighted by atomic mass is 16.3. The zero-order valence-corrected chi connectivity index (χ0v) is 16.0. The van der Waals surface area contributed by atoms with Crippen molar-refractivity contribution in [1.29, 1.82) is 0 Å². The van der Waals surface area contributed by atoms with Gasteiger partial charge in [-0.2, -0.15) is 0 Å². The van der Waals surface area contributed by atoms with Crippen molar-refractivity contribution in [1.82, 2.24) is 15.5 Å². The summed E-state index contributed by atoms with van der Waals surface area (Å²) in [6.07, 6.45) is 2.41. The number of benzene rings is 1. The van der Waals surface area contributed by atoms with Crippen LogP contribution in [0.4, 0.5) is 0 Å². The molecule has 0 unspecified atom stereocenters. The van der Waals surface area contributed by atoms with Crippen molar-refractivity contribution < 1.29 is 9.21 Å². The number of furan rings is 1. The van der Waals surface area contributed by atoms with E-state index in [1.807, 2.05) is 12.1 Å². The molecular weight excluding hydrogens is 328 g/mol. The summed E-state index contributed by atoms with van der Waals surface area (Å²) in [5, 5.41) is 6.36. The van der Waals surface area contributed by atoms with Gasteiger partial charge in [-0.05, 0) is 37.1 Å². The zero-order valence-electron chi connectivity index (χ0n) is 16.0. The van der Waals surface area contributed by atoms with Gasteiger partial charge >= 0.3 is 0 Å². The highest BCUT2D eigenvalue weighted by molar-refractivity contribution is 5.86. The molecule has 1 heterocycles. The van der Waals surface area contributed by atoms with Crippen LogP contribution in [0.3, 0.4) is 0 Å². The minimum atomic E-state index is -0.00273. The Morgan fingerprint density at radius 1 is 1.19 bits per heavy atom. The highest BCUT2D eigenvalue weighted by Crippen LogP contribution is 2.11. The normalized spacial score (nSPS) is 11.3. The van der Waals surface area contributed by atoms with E-state index in [9.17, 15) is 4.79 Å². The fraction of sp³-hybridized carbons (Fsp3) is 0.400. The van der Waals surface area contributed by atoms with Gasteiger partial charge in [0.15, 0.2) is 5.96 Å². The number of nitrogens with zero attached hydrogens (tertiary/aromatic N) is 2. The van der Waals surface area contributed by atoms with Gasteiger partial charge in [0, 0.05) is 27.1 Å². The predicted octanol–water partition coefficient (Wildman–Crippen LogP) is 2.26. The van der Waals surface area contributed by atoms with Crippen molar-refractivity contribution in [3.63, 3.8) is 0 Å². The van der Waals surface area contributed by atoms with Crippen LogP contribution in [0.25, 0.3) is 0 Å². The molecule has 0 saturated carbocycles. The summed E-state index contributed by atoms with van der Waals surface area (Å²) < 4.78 is 5.34. The Hall–Kier alpha value is -2.76. The van der Waals surface area contributed by atoms with Gasteiger partial charge in [0.1, 0.15) is 5.76 Å². The molecule has 1 aromatic carbocycles. The molecule has 6 nitrogen and oxygen atoms in total. The molecule has 1 amide bonds. The van der Waals surface area contributed by atoms with E-state index in [0.717, 1.165) is 12.2 Å². The summed E-state index contributed by atoms with van der Waals surface area (Å²) in [5.74, 6) is 1.53. The number of nitrogens with one attached hydrogen (secondary N) is 2. The maximum absolute atomic E-state index is 11.8. The van der Waals surface area contributed by atoms with Crippen molar-refractivity contribution in [2.75, 3.05) is 27.2 Å². The lowest BCUT2D eigenvalue weighted by molar-refractivity contribution is -0.127. The maximum Gasteiger partial charge on any atom is 0.241 e. The molecule has 0 fully saturated rings. The number of aliphatic imine (C=N–C) groups is 1. The molecule has 0 radical (unpaired) electrons. The molecule has 0 aliphatic rings. The molecule has 2 aromatic rings. The van der Waals surface area contributed by atoms with Crippen molar-refractivity contribution in [2.24, 2.45) is 4.99 Å². The van der Waals surface area contributed by atoms with Crippen LogP contribution in [0.1, 0.15) is 22.5 Å². The molecule has 0 aliphatic carbocycles. The van der Waals surface area contributed by atoms with Crippen LogP contribution >= 0.6 is 0 Å². The summed E-state index contributed by atoms with van der Waals surface area (Å²) in [6, 6.07) is 10.2. The van der Waals surface area contributed by atoms with Gasteiger partial charge in [0.2, 0.25) is 5.91 Å². The fourth-order valence-electron chi connectivity index (χ4n) is 2.44. The average molecular weight is 356 g/mol. The third kappa shape index (κ3) is 6.27. The lowest BCUT2D eigenvalue weighted by atomic mass is 10.1.